The molecule has 0 unspecified atom stereocenters. The van der Waals surface area contributed by atoms with Crippen LogP contribution in [0.5, 0.6) is 0 Å². The van der Waals surface area contributed by atoms with Crippen LogP contribution in [0.25, 0.3) is 0 Å². The Labute approximate surface area is 203 Å². The first-order chi connectivity index (χ1) is 15.3. The van der Waals surface area contributed by atoms with Crippen LogP contribution in [0.2, 0.25) is 0 Å². The largest absolute Gasteiger partial charge is 0.392 e. The summed E-state index contributed by atoms with van der Waals surface area (Å²) >= 11 is 0. The molecule has 0 aromatic rings. The van der Waals surface area contributed by atoms with Crippen LogP contribution in [0.3, 0.4) is 0 Å². The summed E-state index contributed by atoms with van der Waals surface area (Å²) in [6.07, 6.45) is 16.3. The molecule has 3 nitrogen and oxygen atoms in total. The molecule has 2 N–H and O–H groups in total. The molecule has 3 heteroatoms. The fourth-order valence-corrected chi connectivity index (χ4v) is 6.82. The lowest BCUT2D eigenvalue weighted by Gasteiger charge is -2.60. The van der Waals surface area contributed by atoms with Crippen molar-refractivity contribution in [2.75, 3.05) is 6.61 Å². The number of hydrogen-bond donors (Lipinski definition) is 2. The summed E-state index contributed by atoms with van der Waals surface area (Å²) in [6.45, 7) is 15.2. The molecule has 0 aromatic carbocycles. The number of Topliss-reactive ketones (excluding diaryl/α,β-unsaturated/α-hetero) is 1. The van der Waals surface area contributed by atoms with Gasteiger partial charge < -0.3 is 10.2 Å². The average molecular weight is 459 g/mol. The van der Waals surface area contributed by atoms with E-state index in [4.69, 9.17) is 5.11 Å². The van der Waals surface area contributed by atoms with E-state index in [1.54, 1.807) is 0 Å². The lowest BCUT2D eigenvalue weighted by atomic mass is 9.45. The van der Waals surface area contributed by atoms with Crippen LogP contribution in [-0.2, 0) is 4.79 Å². The lowest BCUT2D eigenvalue weighted by molar-refractivity contribution is -0.177. The molecule has 0 spiro atoms. The van der Waals surface area contributed by atoms with Gasteiger partial charge in [0, 0.05) is 11.8 Å². The van der Waals surface area contributed by atoms with Crippen LogP contribution in [0, 0.1) is 22.7 Å². The summed E-state index contributed by atoms with van der Waals surface area (Å²) in [5.41, 5.74) is 2.99. The fourth-order valence-electron chi connectivity index (χ4n) is 6.82. The van der Waals surface area contributed by atoms with Crippen molar-refractivity contribution < 1.29 is 15.0 Å². The number of aliphatic hydroxyl groups is 2. The molecule has 4 atom stereocenters. The molecular formula is C30H50O3. The van der Waals surface area contributed by atoms with E-state index in [2.05, 4.69) is 52.8 Å². The minimum absolute atomic E-state index is 0.0313. The second-order valence-corrected chi connectivity index (χ2v) is 12.1. The molecule has 0 bridgehead atoms. The minimum atomic E-state index is -0.647. The van der Waals surface area contributed by atoms with Gasteiger partial charge in [-0.2, -0.15) is 0 Å². The van der Waals surface area contributed by atoms with Crippen molar-refractivity contribution in [1.82, 2.24) is 0 Å². The topological polar surface area (TPSA) is 57.5 Å². The lowest BCUT2D eigenvalue weighted by Crippen LogP contribution is -2.59. The van der Waals surface area contributed by atoms with Crippen LogP contribution in [0.4, 0.5) is 0 Å². The van der Waals surface area contributed by atoms with E-state index in [1.807, 2.05) is 13.8 Å². The number of carbonyl (C=O) groups excluding carboxylic acids is 1. The molecule has 2 saturated carbocycles. The van der Waals surface area contributed by atoms with Crippen LogP contribution in [0.1, 0.15) is 113 Å². The standard InChI is InChI=1S/C30H50O3/c1-22(13-9-15-24(3)21-31)11-8-12-23(2)14-10-16-26-29(6)19-18-27(32)28(4,5)25(29)17-20-30(26,7)33/h11,14-15,25-26,31,33H,8-10,12-13,16-21H2,1-7H3/t25-,26+,29-,30-/m0/s1. The highest BCUT2D eigenvalue weighted by molar-refractivity contribution is 5.85. The number of carbonyl (C=O) groups is 1. The molecule has 0 radical (unpaired) electrons. The minimum Gasteiger partial charge on any atom is -0.392 e. The number of rotatable bonds is 10. The fraction of sp³-hybridized carbons (Fsp3) is 0.767. The molecule has 0 heterocycles. The number of fused-ring (bicyclic) bond motifs is 1. The van der Waals surface area contributed by atoms with E-state index in [0.29, 0.717) is 18.1 Å². The van der Waals surface area contributed by atoms with Gasteiger partial charge in [-0.15, -0.1) is 0 Å². The van der Waals surface area contributed by atoms with Crippen LogP contribution in [-0.4, -0.2) is 28.2 Å². The normalized spacial score (nSPS) is 33.2. The Balaban J connectivity index is 1.93. The van der Waals surface area contributed by atoms with Gasteiger partial charge in [0.15, 0.2) is 0 Å². The molecular weight excluding hydrogens is 408 g/mol. The molecule has 0 aromatic heterocycles. The SMILES string of the molecule is CC(=CCCC(C)=CCCC(C)=CCC[C@@H]1[C@@]2(C)CCC(=O)C(C)(C)[C@@H]2CC[C@]1(C)O)CO. The first-order valence-electron chi connectivity index (χ1n) is 13.2. The average Bonchev–Trinajstić information content (AvgIpc) is 2.72. The molecule has 188 valence electrons. The molecule has 2 fully saturated rings. The van der Waals surface area contributed by atoms with Crippen LogP contribution in [0.15, 0.2) is 34.9 Å². The van der Waals surface area contributed by atoms with Crippen molar-refractivity contribution in [3.05, 3.63) is 34.9 Å². The molecule has 0 saturated heterocycles. The molecule has 2 rings (SSSR count). The zero-order valence-corrected chi connectivity index (χ0v) is 22.5. The van der Waals surface area contributed by atoms with E-state index in [9.17, 15) is 9.90 Å². The highest BCUT2D eigenvalue weighted by atomic mass is 16.3. The maximum atomic E-state index is 12.6. The van der Waals surface area contributed by atoms with Gasteiger partial charge in [-0.1, -0.05) is 55.7 Å². The Morgan fingerprint density at radius 3 is 2.03 bits per heavy atom. The van der Waals surface area contributed by atoms with E-state index in [0.717, 1.165) is 63.4 Å². The molecule has 0 aliphatic heterocycles. The predicted molar refractivity (Wildman–Crippen MR) is 139 cm³/mol. The highest BCUT2D eigenvalue weighted by Crippen LogP contribution is 2.62. The van der Waals surface area contributed by atoms with Crippen molar-refractivity contribution in [3.63, 3.8) is 0 Å². The molecule has 2 aliphatic rings. The first kappa shape index (κ1) is 28.1. The quantitative estimate of drug-likeness (QED) is 0.337. The number of aliphatic hydroxyl groups excluding tert-OH is 1. The van der Waals surface area contributed by atoms with Gasteiger partial charge in [-0.25, -0.2) is 0 Å². The molecule has 33 heavy (non-hydrogen) atoms. The summed E-state index contributed by atoms with van der Waals surface area (Å²) in [7, 11) is 0. The van der Waals surface area contributed by atoms with E-state index in [1.165, 1.54) is 11.1 Å². The van der Waals surface area contributed by atoms with Crippen molar-refractivity contribution in [2.24, 2.45) is 22.7 Å². The number of allylic oxidation sites excluding steroid dienone is 5. The maximum Gasteiger partial charge on any atom is 0.138 e. The summed E-state index contributed by atoms with van der Waals surface area (Å²) in [6, 6.07) is 0. The summed E-state index contributed by atoms with van der Waals surface area (Å²) in [4.78, 5) is 12.6. The van der Waals surface area contributed by atoms with Crippen molar-refractivity contribution in [2.45, 2.75) is 118 Å². The highest BCUT2D eigenvalue weighted by Gasteiger charge is 2.59. The van der Waals surface area contributed by atoms with Gasteiger partial charge in [-0.3, -0.25) is 4.79 Å². The first-order valence-corrected chi connectivity index (χ1v) is 13.2. The third kappa shape index (κ3) is 6.92. The third-order valence-electron chi connectivity index (χ3n) is 9.02. The van der Waals surface area contributed by atoms with Crippen LogP contribution < -0.4 is 0 Å². The molecule has 2 aliphatic carbocycles. The summed E-state index contributed by atoms with van der Waals surface area (Å²) < 4.78 is 0. The van der Waals surface area contributed by atoms with Crippen molar-refractivity contribution in [3.8, 4) is 0 Å². The predicted octanol–water partition coefficient (Wildman–Crippen LogP) is 7.33. The van der Waals surface area contributed by atoms with Crippen LogP contribution >= 0.6 is 0 Å². The molecule has 0 amide bonds. The van der Waals surface area contributed by atoms with Crippen molar-refractivity contribution in [1.29, 1.82) is 0 Å². The van der Waals surface area contributed by atoms with Crippen molar-refractivity contribution >= 4 is 5.78 Å². The zero-order chi connectivity index (χ0) is 24.9. The maximum absolute atomic E-state index is 12.6. The summed E-state index contributed by atoms with van der Waals surface area (Å²) in [5.74, 6) is 1.01. The Hall–Kier alpha value is -1.19. The Bertz CT molecular complexity index is 767. The van der Waals surface area contributed by atoms with E-state index < -0.39 is 5.60 Å². The Morgan fingerprint density at radius 1 is 0.909 bits per heavy atom. The number of ketones is 1. The van der Waals surface area contributed by atoms with E-state index in [-0.39, 0.29) is 23.4 Å². The van der Waals surface area contributed by atoms with E-state index >= 15 is 0 Å². The van der Waals surface area contributed by atoms with Gasteiger partial charge >= 0.3 is 0 Å². The number of hydrogen-bond acceptors (Lipinski definition) is 3. The van der Waals surface area contributed by atoms with Gasteiger partial charge in [0.2, 0.25) is 0 Å². The second-order valence-electron chi connectivity index (χ2n) is 12.1. The van der Waals surface area contributed by atoms with Gasteiger partial charge in [0.1, 0.15) is 5.78 Å². The Morgan fingerprint density at radius 2 is 1.45 bits per heavy atom. The van der Waals surface area contributed by atoms with Gasteiger partial charge in [0.25, 0.3) is 0 Å². The Kier molecular flexibility index (Phi) is 9.77. The van der Waals surface area contributed by atoms with Gasteiger partial charge in [-0.05, 0) is 103 Å². The smallest absolute Gasteiger partial charge is 0.138 e. The zero-order valence-electron chi connectivity index (χ0n) is 22.5. The van der Waals surface area contributed by atoms with Gasteiger partial charge in [0.05, 0.1) is 12.2 Å². The second kappa shape index (κ2) is 11.5. The monoisotopic (exact) mass is 458 g/mol. The summed E-state index contributed by atoms with van der Waals surface area (Å²) in [5, 5.41) is 20.4. The third-order valence-corrected chi connectivity index (χ3v) is 9.02.